The number of hydrogen-bond donors (Lipinski definition) is 0. The van der Waals surface area contributed by atoms with Crippen molar-refractivity contribution in [1.29, 1.82) is 0 Å². The van der Waals surface area contributed by atoms with Crippen LogP contribution in [0.4, 0.5) is 0 Å². The van der Waals surface area contributed by atoms with E-state index in [1.54, 1.807) is 0 Å². The largest absolute Gasteiger partial charge is 2.00 e. The van der Waals surface area contributed by atoms with Gasteiger partial charge in [-0.3, -0.25) is 0 Å². The smallest absolute Gasteiger partial charge is 2.00 e. The average molecular weight is 108 g/mol. The molecular formula is H4CaO2S. The third kappa shape index (κ3) is 9.65. The first-order valence-electron chi connectivity index (χ1n) is 0. The molecule has 4 N–H and O–H groups in total. The van der Waals surface area contributed by atoms with Crippen molar-refractivity contribution in [3.8, 4) is 0 Å². The molecule has 0 aliphatic heterocycles. The minimum atomic E-state index is 0. The summed E-state index contributed by atoms with van der Waals surface area (Å²) in [7, 11) is 0. The van der Waals surface area contributed by atoms with Gasteiger partial charge in [0.2, 0.25) is 0 Å². The molecule has 0 bridgehead atoms. The fourth-order valence-corrected chi connectivity index (χ4v) is 0. The standard InChI is InChI=1S/Ca.2H2O.S/h;2*1H2;/q+2;;;-2. The summed E-state index contributed by atoms with van der Waals surface area (Å²) in [5.74, 6) is 0. The summed E-state index contributed by atoms with van der Waals surface area (Å²) in [6.07, 6.45) is 0. The van der Waals surface area contributed by atoms with Gasteiger partial charge in [-0.25, -0.2) is 0 Å². The first-order valence-corrected chi connectivity index (χ1v) is 0. The molecule has 0 aromatic carbocycles. The normalized spacial score (nSPS) is 0. The maximum atomic E-state index is 0. The van der Waals surface area contributed by atoms with E-state index in [4.69, 9.17) is 0 Å². The van der Waals surface area contributed by atoms with Crippen LogP contribution in [0.5, 0.6) is 0 Å². The molecule has 2 nitrogen and oxygen atoms in total. The van der Waals surface area contributed by atoms with Crippen molar-refractivity contribution in [3.63, 3.8) is 0 Å². The summed E-state index contributed by atoms with van der Waals surface area (Å²) >= 11 is 0. The van der Waals surface area contributed by atoms with Gasteiger partial charge in [-0.15, -0.1) is 0 Å². The molecule has 0 atom stereocenters. The molecule has 4 heteroatoms. The Morgan fingerprint density at radius 1 is 0.750 bits per heavy atom. The Morgan fingerprint density at radius 2 is 0.750 bits per heavy atom. The van der Waals surface area contributed by atoms with Gasteiger partial charge in [-0.1, -0.05) is 0 Å². The average Bonchev–Trinajstić information content (AvgIpc) is 0. The van der Waals surface area contributed by atoms with Crippen molar-refractivity contribution >= 4 is 51.2 Å². The van der Waals surface area contributed by atoms with Gasteiger partial charge in [0.05, 0.1) is 0 Å². The summed E-state index contributed by atoms with van der Waals surface area (Å²) in [6.45, 7) is 0. The topological polar surface area (TPSA) is 63.0 Å². The second-order valence-electron chi connectivity index (χ2n) is 0. The van der Waals surface area contributed by atoms with E-state index in [0.717, 1.165) is 0 Å². The maximum Gasteiger partial charge on any atom is 2.00 e. The molecule has 0 radical (unpaired) electrons. The minimum absolute atomic E-state index is 0. The maximum absolute atomic E-state index is 0. The van der Waals surface area contributed by atoms with Crippen LogP contribution in [0, 0.1) is 0 Å². The van der Waals surface area contributed by atoms with Gasteiger partial charge in [0.25, 0.3) is 0 Å². The van der Waals surface area contributed by atoms with Gasteiger partial charge >= 0.3 is 37.7 Å². The van der Waals surface area contributed by atoms with E-state index < -0.39 is 0 Å². The molecule has 0 spiro atoms. The van der Waals surface area contributed by atoms with Gasteiger partial charge in [0, 0.05) is 0 Å². The fraction of sp³-hybridized carbons (Fsp3) is 0. The summed E-state index contributed by atoms with van der Waals surface area (Å²) in [6, 6.07) is 0. The molecule has 0 aromatic rings. The van der Waals surface area contributed by atoms with Crippen molar-refractivity contribution in [1.82, 2.24) is 0 Å². The molecule has 0 aliphatic rings. The van der Waals surface area contributed by atoms with E-state index >= 15 is 0 Å². The van der Waals surface area contributed by atoms with Crippen molar-refractivity contribution in [2.45, 2.75) is 0 Å². The van der Waals surface area contributed by atoms with Gasteiger partial charge in [0.15, 0.2) is 0 Å². The molecule has 24 valence electrons. The van der Waals surface area contributed by atoms with Gasteiger partial charge in [-0.05, 0) is 0 Å². The zero-order valence-electron chi connectivity index (χ0n) is 2.12. The molecule has 4 heavy (non-hydrogen) atoms. The van der Waals surface area contributed by atoms with Crippen molar-refractivity contribution in [2.75, 3.05) is 0 Å². The third-order valence-electron chi connectivity index (χ3n) is 0. The third-order valence-corrected chi connectivity index (χ3v) is 0. The van der Waals surface area contributed by atoms with E-state index in [1.807, 2.05) is 0 Å². The van der Waals surface area contributed by atoms with Crippen LogP contribution in [-0.4, -0.2) is 48.7 Å². The second-order valence-corrected chi connectivity index (χ2v) is 0. The molecule has 0 unspecified atom stereocenters. The zero-order valence-corrected chi connectivity index (χ0v) is 5.14. The van der Waals surface area contributed by atoms with E-state index in [9.17, 15) is 0 Å². The van der Waals surface area contributed by atoms with Gasteiger partial charge in [-0.2, -0.15) is 0 Å². The van der Waals surface area contributed by atoms with E-state index in [0.29, 0.717) is 0 Å². The Labute approximate surface area is 61.6 Å². The fourth-order valence-electron chi connectivity index (χ4n) is 0. The summed E-state index contributed by atoms with van der Waals surface area (Å²) in [5.41, 5.74) is 0. The van der Waals surface area contributed by atoms with Gasteiger partial charge < -0.3 is 24.4 Å². The molecule has 0 fully saturated rings. The van der Waals surface area contributed by atoms with E-state index in [-0.39, 0.29) is 62.2 Å². The monoisotopic (exact) mass is 108 g/mol. The van der Waals surface area contributed by atoms with Crippen LogP contribution in [0.3, 0.4) is 0 Å². The molecule has 0 rings (SSSR count). The van der Waals surface area contributed by atoms with Crippen molar-refractivity contribution < 1.29 is 11.0 Å². The Balaban J connectivity index is 0. The molecule has 0 saturated carbocycles. The van der Waals surface area contributed by atoms with Crippen LogP contribution >= 0.6 is 0 Å². The summed E-state index contributed by atoms with van der Waals surface area (Å²) < 4.78 is 0. The Hall–Kier alpha value is 1.53. The van der Waals surface area contributed by atoms with Crippen LogP contribution in [0.2, 0.25) is 0 Å². The van der Waals surface area contributed by atoms with Crippen LogP contribution < -0.4 is 0 Å². The van der Waals surface area contributed by atoms with Gasteiger partial charge in [0.1, 0.15) is 0 Å². The first kappa shape index (κ1) is 48.5. The Morgan fingerprint density at radius 3 is 0.750 bits per heavy atom. The van der Waals surface area contributed by atoms with Crippen molar-refractivity contribution in [3.05, 3.63) is 0 Å². The number of rotatable bonds is 0. The van der Waals surface area contributed by atoms with Crippen LogP contribution in [0.1, 0.15) is 0 Å². The quantitative estimate of drug-likeness (QED) is 0.321. The molecule has 0 heterocycles. The molecule has 0 aromatic heterocycles. The second kappa shape index (κ2) is 24.1. The SMILES string of the molecule is O.O.[Ca+2].[S-2]. The summed E-state index contributed by atoms with van der Waals surface area (Å²) in [5, 5.41) is 0. The Bertz CT molecular complexity index is 6.00. The predicted molar refractivity (Wildman–Crippen MR) is 20.3 cm³/mol. The Kier molecular flexibility index (Phi) is 292. The van der Waals surface area contributed by atoms with E-state index in [2.05, 4.69) is 0 Å². The minimum Gasteiger partial charge on any atom is -2.00 e. The van der Waals surface area contributed by atoms with Crippen molar-refractivity contribution in [2.24, 2.45) is 0 Å². The molecule has 0 aliphatic carbocycles. The molecule has 0 saturated heterocycles. The molecular weight excluding hydrogens is 104 g/mol. The summed E-state index contributed by atoms with van der Waals surface area (Å²) in [4.78, 5) is 0. The zero-order chi connectivity index (χ0) is 0. The first-order chi connectivity index (χ1) is 0. The van der Waals surface area contributed by atoms with Crippen LogP contribution in [0.25, 0.3) is 0 Å². The van der Waals surface area contributed by atoms with Crippen LogP contribution in [0.15, 0.2) is 0 Å². The molecule has 0 amide bonds. The van der Waals surface area contributed by atoms with E-state index in [1.165, 1.54) is 0 Å². The number of hydrogen-bond acceptors (Lipinski definition) is 0. The van der Waals surface area contributed by atoms with Crippen LogP contribution in [-0.2, 0) is 13.5 Å². The predicted octanol–water partition coefficient (Wildman–Crippen LogP) is -2.03.